The zero-order valence-electron chi connectivity index (χ0n) is 10.2. The van der Waals surface area contributed by atoms with Crippen LogP contribution in [0.1, 0.15) is 26.2 Å². The van der Waals surface area contributed by atoms with Crippen molar-refractivity contribution in [3.63, 3.8) is 0 Å². The Morgan fingerprint density at radius 2 is 2.53 bits per heavy atom. The molecule has 2 heterocycles. The van der Waals surface area contributed by atoms with Crippen LogP contribution in [-0.2, 0) is 11.3 Å². The lowest BCUT2D eigenvalue weighted by Gasteiger charge is -2.24. The van der Waals surface area contributed by atoms with Gasteiger partial charge in [0.15, 0.2) is 0 Å². The first-order valence-electron chi connectivity index (χ1n) is 6.25. The maximum atomic E-state index is 11.9. The molecule has 1 aliphatic rings. The van der Waals surface area contributed by atoms with Gasteiger partial charge in [-0.05, 0) is 26.3 Å². The summed E-state index contributed by atoms with van der Waals surface area (Å²) in [7, 11) is 0. The van der Waals surface area contributed by atoms with Crippen molar-refractivity contribution in [1.29, 1.82) is 0 Å². The lowest BCUT2D eigenvalue weighted by Crippen LogP contribution is -2.49. The number of nitrogens with one attached hydrogen (secondary N) is 2. The first-order chi connectivity index (χ1) is 8.25. The molecular formula is C12H20N4O. The highest BCUT2D eigenvalue weighted by Gasteiger charge is 2.21. The predicted octanol–water partition coefficient (Wildman–Crippen LogP) is 0.530. The van der Waals surface area contributed by atoms with Gasteiger partial charge in [0.1, 0.15) is 0 Å². The molecule has 2 N–H and O–H groups in total. The van der Waals surface area contributed by atoms with Gasteiger partial charge in [-0.1, -0.05) is 6.42 Å². The Morgan fingerprint density at radius 3 is 3.18 bits per heavy atom. The Morgan fingerprint density at radius 1 is 1.65 bits per heavy atom. The molecule has 2 rings (SSSR count). The van der Waals surface area contributed by atoms with Gasteiger partial charge in [-0.3, -0.25) is 4.79 Å². The lowest BCUT2D eigenvalue weighted by atomic mass is 10.0. The Kier molecular flexibility index (Phi) is 4.14. The third-order valence-corrected chi connectivity index (χ3v) is 3.06. The number of hydrogen-bond donors (Lipinski definition) is 2. The van der Waals surface area contributed by atoms with E-state index in [0.717, 1.165) is 25.9 Å². The molecule has 17 heavy (non-hydrogen) atoms. The first-order valence-corrected chi connectivity index (χ1v) is 6.25. The normalized spacial score (nSPS) is 22.1. The van der Waals surface area contributed by atoms with Crippen molar-refractivity contribution in [3.8, 4) is 0 Å². The zero-order valence-corrected chi connectivity index (χ0v) is 10.2. The van der Waals surface area contributed by atoms with Crippen molar-refractivity contribution in [2.75, 3.05) is 6.54 Å². The first kappa shape index (κ1) is 12.1. The third kappa shape index (κ3) is 3.56. The van der Waals surface area contributed by atoms with Gasteiger partial charge in [0.2, 0.25) is 5.91 Å². The van der Waals surface area contributed by atoms with Crippen LogP contribution in [0.4, 0.5) is 0 Å². The summed E-state index contributed by atoms with van der Waals surface area (Å²) in [5.74, 6) is 0.123. The topological polar surface area (TPSA) is 59.0 Å². The molecule has 1 aromatic rings. The molecule has 1 saturated heterocycles. The van der Waals surface area contributed by atoms with Gasteiger partial charge in [-0.15, -0.1) is 0 Å². The number of piperidine rings is 1. The molecule has 0 saturated carbocycles. The minimum absolute atomic E-state index is 0.00557. The van der Waals surface area contributed by atoms with Crippen molar-refractivity contribution < 1.29 is 4.79 Å². The molecule has 0 aliphatic carbocycles. The summed E-state index contributed by atoms with van der Waals surface area (Å²) >= 11 is 0. The summed E-state index contributed by atoms with van der Waals surface area (Å²) in [5, 5.41) is 6.29. The summed E-state index contributed by atoms with van der Waals surface area (Å²) in [6.07, 6.45) is 8.68. The van der Waals surface area contributed by atoms with E-state index >= 15 is 0 Å². The van der Waals surface area contributed by atoms with Crippen molar-refractivity contribution in [3.05, 3.63) is 18.7 Å². The number of amides is 1. The average molecular weight is 236 g/mol. The minimum Gasteiger partial charge on any atom is -0.350 e. The van der Waals surface area contributed by atoms with Gasteiger partial charge in [-0.25, -0.2) is 4.98 Å². The summed E-state index contributed by atoms with van der Waals surface area (Å²) in [6.45, 7) is 3.73. The fraction of sp³-hybridized carbons (Fsp3) is 0.667. The largest absolute Gasteiger partial charge is 0.350 e. The third-order valence-electron chi connectivity index (χ3n) is 3.06. The van der Waals surface area contributed by atoms with Crippen LogP contribution < -0.4 is 10.6 Å². The van der Waals surface area contributed by atoms with Crippen LogP contribution in [0.3, 0.4) is 0 Å². The van der Waals surface area contributed by atoms with E-state index in [2.05, 4.69) is 15.6 Å². The number of aromatic nitrogens is 2. The number of nitrogens with zero attached hydrogens (tertiary/aromatic N) is 2. The molecule has 5 heteroatoms. The number of hydrogen-bond acceptors (Lipinski definition) is 3. The van der Waals surface area contributed by atoms with Crippen molar-refractivity contribution in [2.45, 2.75) is 44.8 Å². The molecule has 0 aromatic carbocycles. The fourth-order valence-electron chi connectivity index (χ4n) is 2.18. The highest BCUT2D eigenvalue weighted by atomic mass is 16.2. The van der Waals surface area contributed by atoms with Gasteiger partial charge in [0.25, 0.3) is 0 Å². The molecule has 1 aromatic heterocycles. The molecular weight excluding hydrogens is 216 g/mol. The second-order valence-electron chi connectivity index (χ2n) is 4.67. The zero-order chi connectivity index (χ0) is 12.1. The maximum Gasteiger partial charge on any atom is 0.237 e. The van der Waals surface area contributed by atoms with E-state index in [1.54, 1.807) is 12.5 Å². The highest BCUT2D eigenvalue weighted by molar-refractivity contribution is 5.82. The average Bonchev–Trinajstić information content (AvgIpc) is 2.82. The Labute approximate surface area is 102 Å². The molecule has 94 valence electrons. The number of carbonyl (C=O) groups excluding carboxylic acids is 1. The molecule has 1 unspecified atom stereocenters. The predicted molar refractivity (Wildman–Crippen MR) is 65.5 cm³/mol. The molecule has 1 aliphatic heterocycles. The SMILES string of the molecule is CC(Cn1ccnc1)NC(=O)[C@H]1CCCCN1. The van der Waals surface area contributed by atoms with E-state index in [4.69, 9.17) is 0 Å². The minimum atomic E-state index is -0.00557. The smallest absolute Gasteiger partial charge is 0.237 e. The number of carbonyl (C=O) groups is 1. The summed E-state index contributed by atoms with van der Waals surface area (Å²) in [5.41, 5.74) is 0. The van der Waals surface area contributed by atoms with Crippen LogP contribution in [-0.4, -0.2) is 34.1 Å². The van der Waals surface area contributed by atoms with E-state index in [9.17, 15) is 4.79 Å². The van der Waals surface area contributed by atoms with Gasteiger partial charge in [-0.2, -0.15) is 0 Å². The fourth-order valence-corrected chi connectivity index (χ4v) is 2.18. The van der Waals surface area contributed by atoms with Crippen molar-refractivity contribution in [1.82, 2.24) is 20.2 Å². The molecule has 1 amide bonds. The van der Waals surface area contributed by atoms with E-state index in [0.29, 0.717) is 0 Å². The Hall–Kier alpha value is -1.36. The molecule has 0 spiro atoms. The van der Waals surface area contributed by atoms with Gasteiger partial charge in [0.05, 0.1) is 12.4 Å². The van der Waals surface area contributed by atoms with Crippen molar-refractivity contribution >= 4 is 5.91 Å². The standard InChI is InChI=1S/C12H20N4O/c1-10(8-16-7-6-13-9-16)15-12(17)11-4-2-3-5-14-11/h6-7,9-11,14H,2-5,8H2,1H3,(H,15,17)/t10?,11-/m1/s1. The number of imidazole rings is 1. The maximum absolute atomic E-state index is 11.9. The van der Waals surface area contributed by atoms with Crippen LogP contribution in [0, 0.1) is 0 Å². The molecule has 0 bridgehead atoms. The van der Waals surface area contributed by atoms with Gasteiger partial charge >= 0.3 is 0 Å². The quantitative estimate of drug-likeness (QED) is 0.801. The van der Waals surface area contributed by atoms with E-state index in [-0.39, 0.29) is 18.0 Å². The Bertz CT molecular complexity index is 343. The van der Waals surface area contributed by atoms with Crippen LogP contribution in [0.2, 0.25) is 0 Å². The Balaban J connectivity index is 1.77. The van der Waals surface area contributed by atoms with Crippen molar-refractivity contribution in [2.24, 2.45) is 0 Å². The van der Waals surface area contributed by atoms with Crippen LogP contribution in [0.15, 0.2) is 18.7 Å². The summed E-state index contributed by atoms with van der Waals surface area (Å²) < 4.78 is 1.97. The molecule has 2 atom stereocenters. The van der Waals surface area contributed by atoms with E-state index < -0.39 is 0 Å². The lowest BCUT2D eigenvalue weighted by molar-refractivity contribution is -0.124. The van der Waals surface area contributed by atoms with E-state index in [1.165, 1.54) is 6.42 Å². The van der Waals surface area contributed by atoms with Gasteiger partial charge < -0.3 is 15.2 Å². The molecule has 0 radical (unpaired) electrons. The summed E-state index contributed by atoms with van der Waals surface area (Å²) in [4.78, 5) is 15.9. The monoisotopic (exact) mass is 236 g/mol. The second kappa shape index (κ2) is 5.82. The number of rotatable bonds is 4. The molecule has 1 fully saturated rings. The van der Waals surface area contributed by atoms with Crippen LogP contribution in [0.5, 0.6) is 0 Å². The van der Waals surface area contributed by atoms with E-state index in [1.807, 2.05) is 17.7 Å². The molecule has 5 nitrogen and oxygen atoms in total. The van der Waals surface area contributed by atoms with Crippen LogP contribution >= 0.6 is 0 Å². The van der Waals surface area contributed by atoms with Gasteiger partial charge in [0, 0.05) is 25.0 Å². The summed E-state index contributed by atoms with van der Waals surface area (Å²) in [6, 6.07) is 0.120. The highest BCUT2D eigenvalue weighted by Crippen LogP contribution is 2.07. The second-order valence-corrected chi connectivity index (χ2v) is 4.67. The van der Waals surface area contributed by atoms with Crippen LogP contribution in [0.25, 0.3) is 0 Å².